The van der Waals surface area contributed by atoms with Crippen LogP contribution in [-0.2, 0) is 10.0 Å². The number of nitrogens with two attached hydrogens (primary N) is 1. The smallest absolute Gasteiger partial charge is 0.239 e. The van der Waals surface area contributed by atoms with Gasteiger partial charge in [0.05, 0.1) is 12.1 Å². The van der Waals surface area contributed by atoms with Crippen molar-refractivity contribution in [3.63, 3.8) is 0 Å². The topological polar surface area (TPSA) is 69.4 Å². The van der Waals surface area contributed by atoms with Gasteiger partial charge in [-0.2, -0.15) is 0 Å². The zero-order chi connectivity index (χ0) is 10.9. The Labute approximate surface area is 87.7 Å². The van der Waals surface area contributed by atoms with Crippen LogP contribution >= 0.6 is 11.6 Å². The van der Waals surface area contributed by atoms with Gasteiger partial charge in [0.25, 0.3) is 0 Å². The standard InChI is InChI=1S/C8H10ClNO3S/c1-5-3-6(13-2)4-7(9)8(5)14(10,11)12/h3-4H,1-2H3,(H2,10,11,12). The summed E-state index contributed by atoms with van der Waals surface area (Å²) in [4.78, 5) is -0.0556. The monoisotopic (exact) mass is 235 g/mol. The molecule has 0 saturated heterocycles. The van der Waals surface area contributed by atoms with Gasteiger partial charge in [0, 0.05) is 6.07 Å². The van der Waals surface area contributed by atoms with E-state index in [0.29, 0.717) is 11.3 Å². The molecular formula is C8H10ClNO3S. The molecule has 0 aliphatic carbocycles. The van der Waals surface area contributed by atoms with Gasteiger partial charge >= 0.3 is 0 Å². The number of benzene rings is 1. The molecule has 1 aromatic rings. The van der Waals surface area contributed by atoms with E-state index in [2.05, 4.69) is 0 Å². The number of hydrogen-bond donors (Lipinski definition) is 1. The molecule has 0 amide bonds. The highest BCUT2D eigenvalue weighted by Gasteiger charge is 2.17. The Balaban J connectivity index is 3.48. The van der Waals surface area contributed by atoms with E-state index in [1.54, 1.807) is 13.0 Å². The first-order valence-corrected chi connectivity index (χ1v) is 5.65. The fourth-order valence-corrected chi connectivity index (χ4v) is 2.60. The fraction of sp³-hybridized carbons (Fsp3) is 0.250. The van der Waals surface area contributed by atoms with Crippen LogP contribution in [0.15, 0.2) is 17.0 Å². The van der Waals surface area contributed by atoms with E-state index in [1.807, 2.05) is 0 Å². The molecule has 1 aromatic carbocycles. The van der Waals surface area contributed by atoms with Crippen molar-refractivity contribution in [2.24, 2.45) is 5.14 Å². The van der Waals surface area contributed by atoms with Crippen molar-refractivity contribution in [2.45, 2.75) is 11.8 Å². The van der Waals surface area contributed by atoms with Crippen LogP contribution < -0.4 is 9.88 Å². The predicted octanol–water partition coefficient (Wildman–Crippen LogP) is 1.30. The highest BCUT2D eigenvalue weighted by atomic mass is 35.5. The lowest BCUT2D eigenvalue weighted by atomic mass is 10.2. The van der Waals surface area contributed by atoms with Crippen molar-refractivity contribution >= 4 is 21.6 Å². The lowest BCUT2D eigenvalue weighted by molar-refractivity contribution is 0.414. The van der Waals surface area contributed by atoms with E-state index in [1.165, 1.54) is 13.2 Å². The van der Waals surface area contributed by atoms with Crippen molar-refractivity contribution in [1.29, 1.82) is 0 Å². The van der Waals surface area contributed by atoms with Crippen molar-refractivity contribution < 1.29 is 13.2 Å². The maximum Gasteiger partial charge on any atom is 0.239 e. The first kappa shape index (κ1) is 11.3. The maximum atomic E-state index is 11.1. The Morgan fingerprint density at radius 1 is 1.43 bits per heavy atom. The summed E-state index contributed by atoms with van der Waals surface area (Å²) >= 11 is 5.76. The Morgan fingerprint density at radius 3 is 2.36 bits per heavy atom. The summed E-state index contributed by atoms with van der Waals surface area (Å²) in [5, 5.41) is 5.07. The molecule has 4 nitrogen and oxygen atoms in total. The SMILES string of the molecule is COc1cc(C)c(S(N)(=O)=O)c(Cl)c1. The molecule has 0 atom stereocenters. The van der Waals surface area contributed by atoms with Gasteiger partial charge in [-0.1, -0.05) is 11.6 Å². The molecular weight excluding hydrogens is 226 g/mol. The first-order chi connectivity index (χ1) is 6.36. The summed E-state index contributed by atoms with van der Waals surface area (Å²) < 4.78 is 27.2. The van der Waals surface area contributed by atoms with Crippen LogP contribution in [0.25, 0.3) is 0 Å². The van der Waals surface area contributed by atoms with Gasteiger partial charge < -0.3 is 4.74 Å². The van der Waals surface area contributed by atoms with Gasteiger partial charge in [0.15, 0.2) is 0 Å². The summed E-state index contributed by atoms with van der Waals surface area (Å²) in [6, 6.07) is 2.97. The molecule has 2 N–H and O–H groups in total. The van der Waals surface area contributed by atoms with Gasteiger partial charge in [-0.15, -0.1) is 0 Å². The molecule has 0 saturated carbocycles. The van der Waals surface area contributed by atoms with Crippen molar-refractivity contribution in [2.75, 3.05) is 7.11 Å². The lowest BCUT2D eigenvalue weighted by Gasteiger charge is -2.08. The van der Waals surface area contributed by atoms with Crippen LogP contribution in [0.1, 0.15) is 5.56 Å². The van der Waals surface area contributed by atoms with Gasteiger partial charge in [0.1, 0.15) is 10.6 Å². The Bertz CT molecular complexity index is 433. The predicted molar refractivity (Wildman–Crippen MR) is 54.1 cm³/mol. The second-order valence-electron chi connectivity index (χ2n) is 2.80. The van der Waals surface area contributed by atoms with Crippen LogP contribution in [0.5, 0.6) is 5.75 Å². The first-order valence-electron chi connectivity index (χ1n) is 3.73. The maximum absolute atomic E-state index is 11.1. The van der Waals surface area contributed by atoms with Gasteiger partial charge in [-0.05, 0) is 18.6 Å². The summed E-state index contributed by atoms with van der Waals surface area (Å²) in [5.41, 5.74) is 0.469. The van der Waals surface area contributed by atoms with Crippen LogP contribution in [0.2, 0.25) is 5.02 Å². The second-order valence-corrected chi connectivity index (χ2v) is 4.71. The largest absolute Gasteiger partial charge is 0.497 e. The van der Waals surface area contributed by atoms with Crippen molar-refractivity contribution in [3.05, 3.63) is 22.7 Å². The van der Waals surface area contributed by atoms with Crippen LogP contribution in [0, 0.1) is 6.92 Å². The number of methoxy groups -OCH3 is 1. The number of primary sulfonamides is 1. The number of rotatable bonds is 2. The third-order valence-corrected chi connectivity index (χ3v) is 3.24. The van der Waals surface area contributed by atoms with Gasteiger partial charge in [-0.25, -0.2) is 13.6 Å². The fourth-order valence-electron chi connectivity index (χ4n) is 1.18. The van der Waals surface area contributed by atoms with E-state index in [0.717, 1.165) is 0 Å². The Kier molecular flexibility index (Phi) is 3.04. The summed E-state index contributed by atoms with van der Waals surface area (Å²) in [5.74, 6) is 0.500. The van der Waals surface area contributed by atoms with Gasteiger partial charge in [0.2, 0.25) is 10.0 Å². The van der Waals surface area contributed by atoms with Crippen molar-refractivity contribution in [3.8, 4) is 5.75 Å². The zero-order valence-corrected chi connectivity index (χ0v) is 9.32. The van der Waals surface area contributed by atoms with Crippen molar-refractivity contribution in [1.82, 2.24) is 0 Å². The summed E-state index contributed by atoms with van der Waals surface area (Å²) in [7, 11) is -2.30. The third kappa shape index (κ3) is 2.17. The summed E-state index contributed by atoms with van der Waals surface area (Å²) in [6.45, 7) is 1.61. The van der Waals surface area contributed by atoms with Crippen LogP contribution in [-0.4, -0.2) is 15.5 Å². The molecule has 0 unspecified atom stereocenters. The molecule has 0 aliphatic rings. The van der Waals surface area contributed by atoms with E-state index in [-0.39, 0.29) is 9.92 Å². The number of sulfonamides is 1. The van der Waals surface area contributed by atoms with Crippen LogP contribution in [0.4, 0.5) is 0 Å². The molecule has 78 valence electrons. The number of aryl methyl sites for hydroxylation is 1. The highest BCUT2D eigenvalue weighted by molar-refractivity contribution is 7.89. The molecule has 6 heteroatoms. The molecule has 1 rings (SSSR count). The molecule has 0 radical (unpaired) electrons. The lowest BCUT2D eigenvalue weighted by Crippen LogP contribution is -2.14. The molecule has 0 heterocycles. The molecule has 0 aromatic heterocycles. The zero-order valence-electron chi connectivity index (χ0n) is 7.74. The van der Waals surface area contributed by atoms with E-state index >= 15 is 0 Å². The molecule has 14 heavy (non-hydrogen) atoms. The quantitative estimate of drug-likeness (QED) is 0.840. The molecule has 0 spiro atoms. The van der Waals surface area contributed by atoms with Gasteiger partial charge in [-0.3, -0.25) is 0 Å². The Hall–Kier alpha value is -0.780. The highest BCUT2D eigenvalue weighted by Crippen LogP contribution is 2.28. The minimum absolute atomic E-state index is 0.0556. The third-order valence-electron chi connectivity index (χ3n) is 1.72. The molecule has 0 bridgehead atoms. The number of hydrogen-bond acceptors (Lipinski definition) is 3. The summed E-state index contributed by atoms with van der Waals surface area (Å²) in [6.07, 6.45) is 0. The number of ether oxygens (including phenoxy) is 1. The number of halogens is 1. The second kappa shape index (κ2) is 3.76. The molecule has 0 aliphatic heterocycles. The van der Waals surface area contributed by atoms with E-state index in [9.17, 15) is 8.42 Å². The average molecular weight is 236 g/mol. The normalized spacial score (nSPS) is 11.4. The minimum Gasteiger partial charge on any atom is -0.497 e. The van der Waals surface area contributed by atoms with E-state index in [4.69, 9.17) is 21.5 Å². The molecule has 0 fully saturated rings. The minimum atomic E-state index is -3.78. The van der Waals surface area contributed by atoms with E-state index < -0.39 is 10.0 Å². The Morgan fingerprint density at radius 2 is 2.00 bits per heavy atom. The van der Waals surface area contributed by atoms with Crippen LogP contribution in [0.3, 0.4) is 0 Å². The average Bonchev–Trinajstić information content (AvgIpc) is 1.99.